The molecule has 0 atom stereocenters. The van der Waals surface area contributed by atoms with Crippen molar-refractivity contribution in [3.8, 4) is 0 Å². The second-order valence-electron chi connectivity index (χ2n) is 2.93. The van der Waals surface area contributed by atoms with Crippen molar-refractivity contribution in [2.24, 2.45) is 0 Å². The summed E-state index contributed by atoms with van der Waals surface area (Å²) < 4.78 is 0. The fraction of sp³-hybridized carbons (Fsp3) is 0.167. The predicted octanol–water partition coefficient (Wildman–Crippen LogP) is 3.43. The van der Waals surface area contributed by atoms with Crippen molar-refractivity contribution in [3.05, 3.63) is 59.7 Å². The zero-order valence-electron chi connectivity index (χ0n) is 7.97. The average Bonchev–Trinajstić information content (AvgIpc) is 2.63. The standard InChI is InChI=1S/C7H9.C5H5.Ru/c1-6-3-4-7(2)5-6;1-2-4-5-3-1;/h3-5H,1-2H3;1-5H;/q2*-1;+2. The van der Waals surface area contributed by atoms with E-state index < -0.39 is 0 Å². The zero-order valence-corrected chi connectivity index (χ0v) is 9.71. The van der Waals surface area contributed by atoms with Gasteiger partial charge in [-0.25, -0.2) is 23.8 Å². The maximum Gasteiger partial charge on any atom is 2.00 e. The molecule has 0 aliphatic rings. The van der Waals surface area contributed by atoms with E-state index in [2.05, 4.69) is 32.0 Å². The fourth-order valence-electron chi connectivity index (χ4n) is 1.04. The molecular weight excluding hydrogens is 245 g/mol. The second kappa shape index (κ2) is 6.80. The van der Waals surface area contributed by atoms with Crippen molar-refractivity contribution in [3.63, 3.8) is 0 Å². The van der Waals surface area contributed by atoms with Gasteiger partial charge in [0.25, 0.3) is 0 Å². The summed E-state index contributed by atoms with van der Waals surface area (Å²) in [4.78, 5) is 0. The van der Waals surface area contributed by atoms with Crippen LogP contribution in [0.2, 0.25) is 0 Å². The fourth-order valence-corrected chi connectivity index (χ4v) is 1.04. The summed E-state index contributed by atoms with van der Waals surface area (Å²) in [7, 11) is 0. The van der Waals surface area contributed by atoms with E-state index in [1.165, 1.54) is 11.1 Å². The van der Waals surface area contributed by atoms with Crippen LogP contribution in [-0.4, -0.2) is 0 Å². The number of hydrogen-bond donors (Lipinski definition) is 0. The molecule has 0 aromatic heterocycles. The summed E-state index contributed by atoms with van der Waals surface area (Å²) >= 11 is 0. The number of hydrogen-bond acceptors (Lipinski definition) is 0. The van der Waals surface area contributed by atoms with Crippen LogP contribution in [0.3, 0.4) is 0 Å². The second-order valence-corrected chi connectivity index (χ2v) is 2.93. The van der Waals surface area contributed by atoms with E-state index in [4.69, 9.17) is 0 Å². The van der Waals surface area contributed by atoms with Crippen molar-refractivity contribution in [1.29, 1.82) is 0 Å². The molecule has 0 saturated carbocycles. The zero-order chi connectivity index (χ0) is 8.81. The molecule has 2 aromatic rings. The van der Waals surface area contributed by atoms with Gasteiger partial charge in [-0.3, -0.25) is 0 Å². The van der Waals surface area contributed by atoms with Gasteiger partial charge >= 0.3 is 19.5 Å². The van der Waals surface area contributed by atoms with Crippen LogP contribution in [0.25, 0.3) is 0 Å². The summed E-state index contributed by atoms with van der Waals surface area (Å²) in [5, 5.41) is 0. The number of rotatable bonds is 0. The van der Waals surface area contributed by atoms with E-state index >= 15 is 0 Å². The molecule has 13 heavy (non-hydrogen) atoms. The summed E-state index contributed by atoms with van der Waals surface area (Å²) in [6.45, 7) is 4.21. The Morgan fingerprint density at radius 1 is 1.08 bits per heavy atom. The van der Waals surface area contributed by atoms with Crippen LogP contribution < -0.4 is 0 Å². The van der Waals surface area contributed by atoms with Gasteiger partial charge in [-0.15, -0.1) is 0 Å². The molecule has 2 aromatic carbocycles. The van der Waals surface area contributed by atoms with Gasteiger partial charge in [0.05, 0.1) is 0 Å². The quantitative estimate of drug-likeness (QED) is 0.502. The molecule has 0 nitrogen and oxygen atoms in total. The third-order valence-electron chi connectivity index (χ3n) is 1.62. The molecule has 0 amide bonds. The Balaban J connectivity index is 0.000000215. The Labute approximate surface area is 93.1 Å². The first-order chi connectivity index (χ1) is 5.79. The van der Waals surface area contributed by atoms with Crippen LogP contribution >= 0.6 is 0 Å². The van der Waals surface area contributed by atoms with E-state index in [1.54, 1.807) is 0 Å². The minimum absolute atomic E-state index is 0. The molecule has 0 heterocycles. The first-order valence-electron chi connectivity index (χ1n) is 4.15. The third-order valence-corrected chi connectivity index (χ3v) is 1.62. The minimum atomic E-state index is 0. The molecule has 70 valence electrons. The first kappa shape index (κ1) is 12.3. The normalized spacial score (nSPS) is 8.15. The molecule has 0 radical (unpaired) electrons. The Morgan fingerprint density at radius 3 is 1.85 bits per heavy atom. The van der Waals surface area contributed by atoms with Crippen molar-refractivity contribution in [2.75, 3.05) is 0 Å². The summed E-state index contributed by atoms with van der Waals surface area (Å²) in [6.07, 6.45) is 0. The molecule has 2 rings (SSSR count). The van der Waals surface area contributed by atoms with Gasteiger partial charge in [0.2, 0.25) is 0 Å². The van der Waals surface area contributed by atoms with Crippen molar-refractivity contribution in [2.45, 2.75) is 13.8 Å². The third kappa shape index (κ3) is 5.54. The molecule has 0 unspecified atom stereocenters. The van der Waals surface area contributed by atoms with Gasteiger partial charge in [-0.2, -0.15) is 35.9 Å². The van der Waals surface area contributed by atoms with Crippen LogP contribution in [0.5, 0.6) is 0 Å². The van der Waals surface area contributed by atoms with E-state index in [9.17, 15) is 0 Å². The molecule has 0 spiro atoms. The molecule has 0 saturated heterocycles. The molecular formula is C12H14Ru. The van der Waals surface area contributed by atoms with E-state index in [0.717, 1.165) is 0 Å². The van der Waals surface area contributed by atoms with Crippen LogP contribution in [-0.2, 0) is 19.5 Å². The van der Waals surface area contributed by atoms with E-state index in [-0.39, 0.29) is 19.5 Å². The van der Waals surface area contributed by atoms with Crippen LogP contribution in [0.4, 0.5) is 0 Å². The van der Waals surface area contributed by atoms with Gasteiger partial charge < -0.3 is 0 Å². The van der Waals surface area contributed by atoms with Gasteiger partial charge in [-0.05, 0) is 0 Å². The van der Waals surface area contributed by atoms with E-state index in [0.29, 0.717) is 0 Å². The largest absolute Gasteiger partial charge is 2.00 e. The Hall–Kier alpha value is -0.677. The summed E-state index contributed by atoms with van der Waals surface area (Å²) in [5.41, 5.74) is 2.72. The van der Waals surface area contributed by atoms with Gasteiger partial charge in [0.15, 0.2) is 0 Å². The summed E-state index contributed by atoms with van der Waals surface area (Å²) in [5.74, 6) is 0. The average molecular weight is 259 g/mol. The van der Waals surface area contributed by atoms with Crippen LogP contribution in [0.1, 0.15) is 11.1 Å². The van der Waals surface area contributed by atoms with E-state index in [1.807, 2.05) is 30.3 Å². The Bertz CT molecular complexity index is 257. The molecule has 0 bridgehead atoms. The van der Waals surface area contributed by atoms with Gasteiger partial charge in [-0.1, -0.05) is 13.8 Å². The van der Waals surface area contributed by atoms with Gasteiger partial charge in [0, 0.05) is 0 Å². The van der Waals surface area contributed by atoms with Crippen molar-refractivity contribution >= 4 is 0 Å². The monoisotopic (exact) mass is 260 g/mol. The smallest absolute Gasteiger partial charge is 0.214 e. The topological polar surface area (TPSA) is 0 Å². The summed E-state index contributed by atoms with van der Waals surface area (Å²) in [6, 6.07) is 16.4. The minimum Gasteiger partial charge on any atom is -0.214 e. The molecule has 0 N–H and O–H groups in total. The molecule has 0 fully saturated rings. The Kier molecular flexibility index (Phi) is 6.44. The SMILES string of the molecule is Cc1c[cH-]c(C)c1.[Ru+2].c1cc[cH-]c1. The molecule has 0 aliphatic heterocycles. The Morgan fingerprint density at radius 2 is 1.69 bits per heavy atom. The van der Waals surface area contributed by atoms with Gasteiger partial charge in [0.1, 0.15) is 0 Å². The number of aryl methyl sites for hydroxylation is 2. The van der Waals surface area contributed by atoms with Crippen LogP contribution in [0.15, 0.2) is 48.5 Å². The van der Waals surface area contributed by atoms with Crippen molar-refractivity contribution in [1.82, 2.24) is 0 Å². The molecule has 1 heteroatoms. The first-order valence-corrected chi connectivity index (χ1v) is 4.15. The maximum atomic E-state index is 2.17. The van der Waals surface area contributed by atoms with Crippen LogP contribution in [0, 0.1) is 13.8 Å². The predicted molar refractivity (Wildman–Crippen MR) is 53.5 cm³/mol. The maximum absolute atomic E-state index is 2.17. The van der Waals surface area contributed by atoms with Crippen molar-refractivity contribution < 1.29 is 19.5 Å². The molecule has 0 aliphatic carbocycles.